The van der Waals surface area contributed by atoms with Crippen LogP contribution in [-0.2, 0) is 9.59 Å². The summed E-state index contributed by atoms with van der Waals surface area (Å²) in [5.41, 5.74) is 0.153. The van der Waals surface area contributed by atoms with Crippen molar-refractivity contribution in [1.82, 2.24) is 10.6 Å². The molecule has 2 amide bonds. The van der Waals surface area contributed by atoms with E-state index < -0.39 is 18.1 Å². The highest BCUT2D eigenvalue weighted by Gasteiger charge is 2.25. The number of halogens is 2. The second kappa shape index (κ2) is 8.08. The van der Waals surface area contributed by atoms with Gasteiger partial charge in [-0.2, -0.15) is 8.78 Å². The first-order chi connectivity index (χ1) is 11.0. The van der Waals surface area contributed by atoms with E-state index in [1.54, 1.807) is 46.8 Å². The van der Waals surface area contributed by atoms with Crippen molar-refractivity contribution in [2.75, 3.05) is 0 Å². The molecule has 134 valence electrons. The lowest BCUT2D eigenvalue weighted by atomic mass is 9.95. The van der Waals surface area contributed by atoms with E-state index in [9.17, 15) is 18.4 Å². The summed E-state index contributed by atoms with van der Waals surface area (Å²) in [5.74, 6) is -0.489. The Morgan fingerprint density at radius 2 is 1.58 bits per heavy atom. The predicted molar refractivity (Wildman–Crippen MR) is 86.7 cm³/mol. The van der Waals surface area contributed by atoms with Crippen molar-refractivity contribution >= 4 is 11.8 Å². The number of nitrogens with one attached hydrogen (secondary N) is 2. The van der Waals surface area contributed by atoms with E-state index >= 15 is 0 Å². The molecule has 0 bridgehead atoms. The summed E-state index contributed by atoms with van der Waals surface area (Å²) in [4.78, 5) is 24.0. The van der Waals surface area contributed by atoms with E-state index in [1.807, 2.05) is 0 Å². The number of rotatable bonds is 6. The van der Waals surface area contributed by atoms with Gasteiger partial charge in [0, 0.05) is 5.41 Å². The first-order valence-electron chi connectivity index (χ1n) is 7.67. The van der Waals surface area contributed by atoms with Crippen molar-refractivity contribution in [1.29, 1.82) is 0 Å². The molecule has 5 nitrogen and oxygen atoms in total. The maximum Gasteiger partial charge on any atom is 0.387 e. The van der Waals surface area contributed by atoms with E-state index in [-0.39, 0.29) is 23.6 Å². The molecule has 0 aromatic heterocycles. The average molecular weight is 342 g/mol. The van der Waals surface area contributed by atoms with Crippen LogP contribution in [0.3, 0.4) is 0 Å². The van der Waals surface area contributed by atoms with Crippen LogP contribution >= 0.6 is 0 Å². The first-order valence-corrected chi connectivity index (χ1v) is 7.67. The number of carbonyl (C=O) groups is 2. The quantitative estimate of drug-likeness (QED) is 0.835. The van der Waals surface area contributed by atoms with Crippen molar-refractivity contribution in [2.24, 2.45) is 5.41 Å². The zero-order chi connectivity index (χ0) is 18.5. The molecule has 0 aliphatic heterocycles. The highest BCUT2D eigenvalue weighted by atomic mass is 19.3. The van der Waals surface area contributed by atoms with Crippen LogP contribution in [0, 0.1) is 5.41 Å². The molecular weight excluding hydrogens is 318 g/mol. The topological polar surface area (TPSA) is 67.4 Å². The molecule has 0 aliphatic carbocycles. The highest BCUT2D eigenvalue weighted by molar-refractivity contribution is 5.89. The Bertz CT molecular complexity index is 568. The van der Waals surface area contributed by atoms with Gasteiger partial charge in [0.05, 0.1) is 6.04 Å². The molecule has 0 spiro atoms. The standard InChI is InChI=1S/C17H24F2N2O3/c1-10(12-6-8-13(9-7-12)24-16(18)19)20-14(22)11(2)21-15(23)17(3,4)5/h6-11,16H,1-5H3,(H,20,22)(H,21,23). The maximum atomic E-state index is 12.2. The van der Waals surface area contributed by atoms with Crippen molar-refractivity contribution in [3.8, 4) is 5.75 Å². The molecule has 1 aromatic carbocycles. The average Bonchev–Trinajstić information content (AvgIpc) is 2.46. The number of carbonyl (C=O) groups excluding carboxylic acids is 2. The van der Waals surface area contributed by atoms with Gasteiger partial charge < -0.3 is 15.4 Å². The van der Waals surface area contributed by atoms with Gasteiger partial charge in [-0.15, -0.1) is 0 Å². The van der Waals surface area contributed by atoms with Gasteiger partial charge in [0.15, 0.2) is 0 Å². The van der Waals surface area contributed by atoms with E-state index in [0.717, 1.165) is 5.56 Å². The third kappa shape index (κ3) is 6.14. The van der Waals surface area contributed by atoms with Gasteiger partial charge in [-0.1, -0.05) is 32.9 Å². The van der Waals surface area contributed by atoms with Crippen LogP contribution in [-0.4, -0.2) is 24.5 Å². The normalized spacial score (nSPS) is 14.0. The molecule has 7 heteroatoms. The Morgan fingerprint density at radius 3 is 2.04 bits per heavy atom. The molecule has 2 atom stereocenters. The van der Waals surface area contributed by atoms with E-state index in [4.69, 9.17) is 0 Å². The van der Waals surface area contributed by atoms with Gasteiger partial charge >= 0.3 is 6.61 Å². The van der Waals surface area contributed by atoms with Gasteiger partial charge in [-0.25, -0.2) is 0 Å². The number of amides is 2. The van der Waals surface area contributed by atoms with Crippen molar-refractivity contribution in [3.05, 3.63) is 29.8 Å². The third-order valence-corrected chi connectivity index (χ3v) is 3.39. The number of ether oxygens (including phenoxy) is 1. The Kier molecular flexibility index (Phi) is 6.69. The van der Waals surface area contributed by atoms with Crippen LogP contribution in [0.1, 0.15) is 46.2 Å². The summed E-state index contributed by atoms with van der Waals surface area (Å²) in [5, 5.41) is 5.42. The molecule has 0 aliphatic rings. The van der Waals surface area contributed by atoms with Crippen LogP contribution < -0.4 is 15.4 Å². The number of benzene rings is 1. The Balaban J connectivity index is 2.61. The summed E-state index contributed by atoms with van der Waals surface area (Å²) in [6, 6.07) is 5.00. The van der Waals surface area contributed by atoms with Gasteiger partial charge in [-0.3, -0.25) is 9.59 Å². The van der Waals surface area contributed by atoms with Crippen LogP contribution in [0.2, 0.25) is 0 Å². The summed E-state index contributed by atoms with van der Waals surface area (Å²) in [6.45, 7) is 5.78. The summed E-state index contributed by atoms with van der Waals surface area (Å²) in [6.07, 6.45) is 0. The van der Waals surface area contributed by atoms with E-state index in [1.165, 1.54) is 12.1 Å². The lowest BCUT2D eigenvalue weighted by Gasteiger charge is -2.23. The predicted octanol–water partition coefficient (Wildman–Crippen LogP) is 3.02. The number of hydrogen-bond acceptors (Lipinski definition) is 3. The fourth-order valence-corrected chi connectivity index (χ4v) is 1.84. The minimum Gasteiger partial charge on any atom is -0.435 e. The summed E-state index contributed by atoms with van der Waals surface area (Å²) >= 11 is 0. The fraction of sp³-hybridized carbons (Fsp3) is 0.529. The highest BCUT2D eigenvalue weighted by Crippen LogP contribution is 2.19. The smallest absolute Gasteiger partial charge is 0.387 e. The first kappa shape index (κ1) is 19.9. The Morgan fingerprint density at radius 1 is 1.04 bits per heavy atom. The third-order valence-electron chi connectivity index (χ3n) is 3.39. The van der Waals surface area contributed by atoms with Crippen molar-refractivity contribution in [3.63, 3.8) is 0 Å². The fourth-order valence-electron chi connectivity index (χ4n) is 1.84. The van der Waals surface area contributed by atoms with Crippen LogP contribution in [0.15, 0.2) is 24.3 Å². The molecule has 1 aromatic rings. The second-order valence-electron chi connectivity index (χ2n) is 6.62. The summed E-state index contributed by atoms with van der Waals surface area (Å²) < 4.78 is 28.5. The summed E-state index contributed by atoms with van der Waals surface area (Å²) in [7, 11) is 0. The molecule has 24 heavy (non-hydrogen) atoms. The van der Waals surface area contributed by atoms with Crippen molar-refractivity contribution in [2.45, 2.75) is 53.3 Å². The molecule has 0 fully saturated rings. The molecule has 0 saturated carbocycles. The lowest BCUT2D eigenvalue weighted by Crippen LogP contribution is -2.48. The molecule has 0 radical (unpaired) electrons. The minimum atomic E-state index is -2.87. The number of alkyl halides is 2. The van der Waals surface area contributed by atoms with E-state index in [2.05, 4.69) is 15.4 Å². The molecule has 2 unspecified atom stereocenters. The van der Waals surface area contributed by atoms with Crippen LogP contribution in [0.5, 0.6) is 5.75 Å². The minimum absolute atomic E-state index is 0.0538. The van der Waals surface area contributed by atoms with Crippen molar-refractivity contribution < 1.29 is 23.1 Å². The number of hydrogen-bond donors (Lipinski definition) is 2. The SMILES string of the molecule is CC(NC(=O)C(C)(C)C)C(=O)NC(C)c1ccc(OC(F)F)cc1. The zero-order valence-electron chi connectivity index (χ0n) is 14.5. The Hall–Kier alpha value is -2.18. The second-order valence-corrected chi connectivity index (χ2v) is 6.62. The zero-order valence-corrected chi connectivity index (χ0v) is 14.5. The Labute approximate surface area is 140 Å². The largest absolute Gasteiger partial charge is 0.435 e. The molecule has 2 N–H and O–H groups in total. The van der Waals surface area contributed by atoms with Gasteiger partial charge in [-0.05, 0) is 31.5 Å². The van der Waals surface area contributed by atoms with Crippen LogP contribution in [0.25, 0.3) is 0 Å². The van der Waals surface area contributed by atoms with Gasteiger partial charge in [0.2, 0.25) is 11.8 Å². The van der Waals surface area contributed by atoms with Gasteiger partial charge in [0.1, 0.15) is 11.8 Å². The van der Waals surface area contributed by atoms with Gasteiger partial charge in [0.25, 0.3) is 0 Å². The maximum absolute atomic E-state index is 12.2. The molecule has 1 rings (SSSR count). The van der Waals surface area contributed by atoms with Crippen LogP contribution in [0.4, 0.5) is 8.78 Å². The molecule has 0 saturated heterocycles. The van der Waals surface area contributed by atoms with E-state index in [0.29, 0.717) is 0 Å². The monoisotopic (exact) mass is 342 g/mol. The molecule has 0 heterocycles. The lowest BCUT2D eigenvalue weighted by molar-refractivity contribution is -0.133. The molecular formula is C17H24F2N2O3.